The summed E-state index contributed by atoms with van der Waals surface area (Å²) in [5, 5.41) is 30.3. The van der Waals surface area contributed by atoms with E-state index < -0.39 is 77.3 Å². The van der Waals surface area contributed by atoms with E-state index >= 15 is 0 Å². The first-order valence-electron chi connectivity index (χ1n) is 20.5. The van der Waals surface area contributed by atoms with Gasteiger partial charge in [-0.25, -0.2) is 4.99 Å². The van der Waals surface area contributed by atoms with Gasteiger partial charge >= 0.3 is 5.97 Å². The summed E-state index contributed by atoms with van der Waals surface area (Å²) in [5.74, 6) is -4.55. The molecule has 2 N–H and O–H groups in total. The van der Waals surface area contributed by atoms with Gasteiger partial charge in [0.15, 0.2) is 18.7 Å². The fraction of sp³-hybridized carbons (Fsp3) is 0.674. The number of cyclic esters (lactones) is 1. The van der Waals surface area contributed by atoms with Crippen LogP contribution in [0.25, 0.3) is 10.4 Å². The van der Waals surface area contributed by atoms with E-state index in [1.807, 2.05) is 62.5 Å². The fourth-order valence-electron chi connectivity index (χ4n) is 8.31. The van der Waals surface area contributed by atoms with Crippen molar-refractivity contribution in [2.45, 2.75) is 142 Å². The van der Waals surface area contributed by atoms with E-state index in [2.05, 4.69) is 15.1 Å². The number of aliphatic hydroxyl groups excluding tert-OH is 1. The van der Waals surface area contributed by atoms with Crippen LogP contribution in [0.3, 0.4) is 0 Å². The molecule has 3 aliphatic rings. The van der Waals surface area contributed by atoms with Gasteiger partial charge in [-0.3, -0.25) is 19.4 Å². The minimum atomic E-state index is -1.82. The second-order valence-electron chi connectivity index (χ2n) is 16.9. The van der Waals surface area contributed by atoms with E-state index in [0.717, 1.165) is 10.4 Å². The fourth-order valence-corrected chi connectivity index (χ4v) is 9.03. The van der Waals surface area contributed by atoms with Gasteiger partial charge in [0.1, 0.15) is 29.4 Å². The minimum Gasteiger partial charge on any atom is -0.459 e. The van der Waals surface area contributed by atoms with Crippen LogP contribution in [0.5, 0.6) is 0 Å². The van der Waals surface area contributed by atoms with Crippen molar-refractivity contribution in [1.82, 2.24) is 9.88 Å². The Balaban J connectivity index is 1.60. The van der Waals surface area contributed by atoms with Crippen LogP contribution in [0.2, 0.25) is 0 Å². The highest BCUT2D eigenvalue weighted by Crippen LogP contribution is 2.39. The molecule has 5 heterocycles. The Kier molecular flexibility index (Phi) is 15.7. The lowest BCUT2D eigenvalue weighted by Gasteiger charge is -2.47. The molecule has 2 bridgehead atoms. The van der Waals surface area contributed by atoms with E-state index in [0.29, 0.717) is 23.5 Å². The molecule has 3 saturated heterocycles. The number of aliphatic hydroxyl groups is 2. The molecular weight excluding hydrogens is 781 g/mol. The molecule has 0 aromatic carbocycles. The van der Waals surface area contributed by atoms with Crippen LogP contribution in [0, 0.1) is 17.8 Å². The highest BCUT2D eigenvalue weighted by atomic mass is 32.1. The van der Waals surface area contributed by atoms with Gasteiger partial charge in [-0.15, -0.1) is 11.3 Å². The van der Waals surface area contributed by atoms with E-state index in [9.17, 15) is 24.6 Å². The molecule has 5 rings (SSSR count). The lowest BCUT2D eigenvalue weighted by Crippen LogP contribution is -2.59. The van der Waals surface area contributed by atoms with Crippen LogP contribution in [-0.2, 0) is 49.5 Å². The third-order valence-corrected chi connectivity index (χ3v) is 12.7. The number of aromatic nitrogens is 1. The van der Waals surface area contributed by atoms with Gasteiger partial charge in [-0.1, -0.05) is 38.1 Å². The summed E-state index contributed by atoms with van der Waals surface area (Å²) in [6, 6.07) is 7.51. The highest BCUT2D eigenvalue weighted by molar-refractivity contribution is 7.13. The number of fused-ring (bicyclic) bond motifs is 5. The first-order valence-corrected chi connectivity index (χ1v) is 21.3. The molecule has 15 nitrogen and oxygen atoms in total. The van der Waals surface area contributed by atoms with Crippen LogP contribution in [0.15, 0.2) is 46.0 Å². The minimum absolute atomic E-state index is 0.0193. The molecule has 3 fully saturated rings. The van der Waals surface area contributed by atoms with Crippen LogP contribution < -0.4 is 0 Å². The van der Waals surface area contributed by atoms with E-state index in [4.69, 9.17) is 28.5 Å². The van der Waals surface area contributed by atoms with Crippen molar-refractivity contribution in [3.05, 3.63) is 41.5 Å². The maximum atomic E-state index is 14.5. The lowest BCUT2D eigenvalue weighted by molar-refractivity contribution is -0.296. The third-order valence-electron chi connectivity index (χ3n) is 11.8. The number of ketones is 1. The van der Waals surface area contributed by atoms with Crippen molar-refractivity contribution >= 4 is 40.4 Å². The molecule has 0 spiro atoms. The first kappa shape index (κ1) is 46.6. The zero-order valence-corrected chi connectivity index (χ0v) is 36.8. The summed E-state index contributed by atoms with van der Waals surface area (Å²) in [6.07, 6.45) is -3.25. The third kappa shape index (κ3) is 11.3. The number of oxime groups is 1. The van der Waals surface area contributed by atoms with Gasteiger partial charge in [0, 0.05) is 47.7 Å². The number of ether oxygens (including phenoxy) is 5. The number of pyridine rings is 1. The van der Waals surface area contributed by atoms with Gasteiger partial charge in [0.2, 0.25) is 5.91 Å². The Bertz CT molecular complexity index is 1800. The summed E-state index contributed by atoms with van der Waals surface area (Å²) in [4.78, 5) is 58.8. The number of likely N-dealkylation sites (N-methyl/N-ethyl adjacent to an activating group) is 1. The van der Waals surface area contributed by atoms with Gasteiger partial charge in [0.25, 0.3) is 0 Å². The van der Waals surface area contributed by atoms with Crippen molar-refractivity contribution in [3.8, 4) is 10.4 Å². The molecule has 12 atom stereocenters. The number of hydrogen-bond donors (Lipinski definition) is 2. The maximum absolute atomic E-state index is 14.5. The molecular formula is C43H62N4O11S. The molecule has 1 amide bonds. The monoisotopic (exact) mass is 842 g/mol. The molecule has 0 aliphatic carbocycles. The number of aliphatic imine (C=N–C) groups is 1. The Morgan fingerprint density at radius 3 is 2.49 bits per heavy atom. The predicted molar refractivity (Wildman–Crippen MR) is 222 cm³/mol. The summed E-state index contributed by atoms with van der Waals surface area (Å²) >= 11 is 1.62. The van der Waals surface area contributed by atoms with Crippen LogP contribution >= 0.6 is 11.3 Å². The second-order valence-corrected chi connectivity index (χ2v) is 17.8. The Hall–Kier alpha value is -3.48. The number of hydrogen-bond acceptors (Lipinski definition) is 15. The average molecular weight is 843 g/mol. The van der Waals surface area contributed by atoms with E-state index in [-0.39, 0.29) is 51.2 Å². The van der Waals surface area contributed by atoms with Crippen molar-refractivity contribution in [3.63, 3.8) is 0 Å². The van der Waals surface area contributed by atoms with Crippen molar-refractivity contribution in [1.29, 1.82) is 0 Å². The molecule has 0 unspecified atom stereocenters. The molecule has 16 heteroatoms. The smallest absolute Gasteiger partial charge is 0.316 e. The number of thiophene rings is 1. The SMILES string of the molecule is CC[C@H]1OC(=O)[C@H](C)C(=O)[C@H](C)[C@@H](O[C@@H]2O[C@H](C)C[C@H](N(C)C)[C@H]2O)[C@@]2(C)C[C@@H](C)C(=NC(C)=O)C[C@@H](OC/C(=N/OCc3ccc(-c4cccs4)cn3)CO2)[C@]1(C)O. The predicted octanol–water partition coefficient (Wildman–Crippen LogP) is 5.00. The number of amides is 1. The van der Waals surface area contributed by atoms with Crippen LogP contribution in [0.1, 0.15) is 86.8 Å². The zero-order chi connectivity index (χ0) is 43.2. The van der Waals surface area contributed by atoms with Crippen LogP contribution in [-0.4, -0.2) is 131 Å². The molecule has 0 radical (unpaired) electrons. The summed E-state index contributed by atoms with van der Waals surface area (Å²) in [5.41, 5.74) is -0.880. The quantitative estimate of drug-likeness (QED) is 0.206. The second kappa shape index (κ2) is 19.9. The Morgan fingerprint density at radius 1 is 1.12 bits per heavy atom. The normalized spacial score (nSPS) is 36.8. The van der Waals surface area contributed by atoms with Crippen LogP contribution in [0.4, 0.5) is 0 Å². The van der Waals surface area contributed by atoms with E-state index in [1.165, 1.54) is 20.8 Å². The number of carbonyl (C=O) groups is 3. The standard InChI is InChI=1S/C43H62N4O11S/c1-11-35-43(8,52)36-18-32(45-28(6)48)24(2)19-42(7,54-22-31(21-53-36)46-55-23-30-15-14-29(20-44-30)34-13-12-16-59-34)39(26(4)37(49)27(5)40(51)57-35)58-41-38(50)33(47(9)10)17-25(3)56-41/h12-16,20,24-27,33,35-36,38-39,41,50,52H,11,17-19,21-23H2,1-10H3/b45-32?,46-31-/t24-,25-,26+,27-,33+,35-,36-,38-,39-,41+,42-,43-/m1/s1. The molecule has 0 saturated carbocycles. The number of carbonyl (C=O) groups excluding carboxylic acids is 3. The number of nitrogens with zero attached hydrogens (tertiary/aromatic N) is 4. The maximum Gasteiger partial charge on any atom is 0.316 e. The largest absolute Gasteiger partial charge is 0.459 e. The highest BCUT2D eigenvalue weighted by Gasteiger charge is 2.51. The van der Waals surface area contributed by atoms with E-state index in [1.54, 1.807) is 38.3 Å². The summed E-state index contributed by atoms with van der Waals surface area (Å²) in [7, 11) is 3.73. The van der Waals surface area contributed by atoms with Gasteiger partial charge in [-0.2, -0.15) is 0 Å². The molecule has 59 heavy (non-hydrogen) atoms. The number of rotatable bonds is 8. The lowest BCUT2D eigenvalue weighted by atomic mass is 9.76. The topological polar surface area (TPSA) is 188 Å². The molecule has 2 aromatic heterocycles. The number of esters is 1. The summed E-state index contributed by atoms with van der Waals surface area (Å²) < 4.78 is 32.2. The average Bonchev–Trinajstić information content (AvgIpc) is 3.73. The molecule has 3 aliphatic heterocycles. The number of Topliss-reactive ketones (excluding diaryl/α,β-unsaturated/α-hetero) is 1. The molecule has 326 valence electrons. The summed E-state index contributed by atoms with van der Waals surface area (Å²) in [6.45, 7) is 13.0. The Morgan fingerprint density at radius 2 is 1.86 bits per heavy atom. The first-order chi connectivity index (χ1) is 27.8. The van der Waals surface area contributed by atoms with Gasteiger partial charge in [0.05, 0.1) is 42.8 Å². The van der Waals surface area contributed by atoms with Crippen molar-refractivity contribution < 1.29 is 53.1 Å². The van der Waals surface area contributed by atoms with Crippen molar-refractivity contribution in [2.75, 3.05) is 27.3 Å². The van der Waals surface area contributed by atoms with Crippen molar-refractivity contribution in [2.24, 2.45) is 27.9 Å². The van der Waals surface area contributed by atoms with Gasteiger partial charge in [-0.05, 0) is 84.5 Å². The van der Waals surface area contributed by atoms with Gasteiger partial charge < -0.3 is 43.6 Å². The Labute approximate surface area is 351 Å². The molecule has 2 aromatic rings. The zero-order valence-electron chi connectivity index (χ0n) is 36.0.